The third-order valence-corrected chi connectivity index (χ3v) is 2.33. The summed E-state index contributed by atoms with van der Waals surface area (Å²) in [6.07, 6.45) is -0.575. The molecule has 0 bridgehead atoms. The fourth-order valence-corrected chi connectivity index (χ4v) is 1.45. The minimum absolute atomic E-state index is 0.0648. The van der Waals surface area contributed by atoms with Gasteiger partial charge < -0.3 is 14.8 Å². The van der Waals surface area contributed by atoms with Crippen molar-refractivity contribution in [1.82, 2.24) is 5.32 Å². The zero-order valence-corrected chi connectivity index (χ0v) is 13.0. The van der Waals surface area contributed by atoms with Crippen molar-refractivity contribution in [1.29, 1.82) is 0 Å². The number of esters is 1. The van der Waals surface area contributed by atoms with Crippen molar-refractivity contribution in [3.63, 3.8) is 0 Å². The Morgan fingerprint density at radius 2 is 2.00 bits per heavy atom. The number of hydrogen-bond acceptors (Lipinski definition) is 4. The van der Waals surface area contributed by atoms with Crippen molar-refractivity contribution in [2.45, 2.75) is 26.4 Å². The minimum Gasteiger partial charge on any atom is -0.465 e. The highest BCUT2D eigenvalue weighted by atomic mass is 19.1. The summed E-state index contributed by atoms with van der Waals surface area (Å²) in [5.41, 5.74) is -0.347. The van der Waals surface area contributed by atoms with E-state index in [-0.39, 0.29) is 12.1 Å². The molecule has 0 fully saturated rings. The molecule has 118 valence electrons. The highest BCUT2D eigenvalue weighted by molar-refractivity contribution is 5.89. The summed E-state index contributed by atoms with van der Waals surface area (Å²) in [6.45, 7) is 5.33. The molecule has 0 aliphatic rings. The fourth-order valence-electron chi connectivity index (χ4n) is 1.45. The molecule has 0 aromatic heterocycles. The number of nitrogens with one attached hydrogen (secondary N) is 1. The van der Waals surface area contributed by atoms with Gasteiger partial charge in [0, 0.05) is 5.56 Å². The number of alkyl carbamates (subject to hydrolysis) is 1. The Morgan fingerprint density at radius 1 is 1.32 bits per heavy atom. The number of halogens is 1. The molecule has 0 saturated heterocycles. The Balaban J connectivity index is 2.61. The van der Waals surface area contributed by atoms with Gasteiger partial charge in [-0.2, -0.15) is 0 Å². The van der Waals surface area contributed by atoms with Crippen LogP contribution in [-0.4, -0.2) is 31.3 Å². The number of rotatable bonds is 2. The maximum Gasteiger partial charge on any atom is 0.408 e. The van der Waals surface area contributed by atoms with Crippen molar-refractivity contribution >= 4 is 12.1 Å². The largest absolute Gasteiger partial charge is 0.465 e. The zero-order chi connectivity index (χ0) is 16.8. The van der Waals surface area contributed by atoms with Gasteiger partial charge >= 0.3 is 12.1 Å². The molecule has 0 unspecified atom stereocenters. The molecule has 0 heterocycles. The van der Waals surface area contributed by atoms with Crippen LogP contribution in [0.15, 0.2) is 18.2 Å². The van der Waals surface area contributed by atoms with Crippen molar-refractivity contribution in [3.8, 4) is 11.8 Å². The lowest BCUT2D eigenvalue weighted by Gasteiger charge is -2.18. The van der Waals surface area contributed by atoms with Crippen LogP contribution < -0.4 is 5.32 Å². The standard InChI is InChI=1S/C16H18FNO4/c1-16(2,3)22-15(20)18-9-5-6-11-7-8-12(13(17)10-11)14(19)21-4/h7-8,10H,9H2,1-4H3,(H,18,20). The molecule has 0 radical (unpaired) electrons. The van der Waals surface area contributed by atoms with Crippen LogP contribution in [0.3, 0.4) is 0 Å². The number of hydrogen-bond donors (Lipinski definition) is 1. The molecule has 0 saturated carbocycles. The second kappa shape index (κ2) is 7.46. The molecule has 5 nitrogen and oxygen atoms in total. The van der Waals surface area contributed by atoms with Crippen LogP contribution in [0.4, 0.5) is 9.18 Å². The predicted octanol–water partition coefficient (Wildman–Crippen LogP) is 2.49. The van der Waals surface area contributed by atoms with Gasteiger partial charge in [0.05, 0.1) is 19.2 Å². The summed E-state index contributed by atoms with van der Waals surface area (Å²) in [6, 6.07) is 3.93. The smallest absolute Gasteiger partial charge is 0.408 e. The number of amides is 1. The third-order valence-electron chi connectivity index (χ3n) is 2.33. The lowest BCUT2D eigenvalue weighted by molar-refractivity contribution is 0.0533. The number of benzene rings is 1. The molecule has 0 aliphatic heterocycles. The van der Waals surface area contributed by atoms with Crippen LogP contribution >= 0.6 is 0 Å². The second-order valence-electron chi connectivity index (χ2n) is 5.34. The van der Waals surface area contributed by atoms with Gasteiger partial charge in [0.15, 0.2) is 0 Å². The number of carbonyl (C=O) groups is 2. The summed E-state index contributed by atoms with van der Waals surface area (Å²) in [7, 11) is 1.18. The van der Waals surface area contributed by atoms with Crippen molar-refractivity contribution in [2.75, 3.05) is 13.7 Å². The molecule has 1 rings (SSSR count). The Bertz CT molecular complexity index is 623. The normalized spacial score (nSPS) is 10.2. The first-order valence-corrected chi connectivity index (χ1v) is 6.56. The molecular weight excluding hydrogens is 289 g/mol. The van der Waals surface area contributed by atoms with Crippen LogP contribution in [0.5, 0.6) is 0 Å². The molecule has 1 aromatic rings. The van der Waals surface area contributed by atoms with E-state index in [1.165, 1.54) is 19.2 Å². The average molecular weight is 307 g/mol. The van der Waals surface area contributed by atoms with Gasteiger partial charge in [-0.1, -0.05) is 11.8 Å². The van der Waals surface area contributed by atoms with Crippen LogP contribution in [0.1, 0.15) is 36.7 Å². The van der Waals surface area contributed by atoms with E-state index < -0.39 is 23.5 Å². The molecular formula is C16H18FNO4. The summed E-state index contributed by atoms with van der Waals surface area (Å²) in [5, 5.41) is 2.46. The number of methoxy groups -OCH3 is 1. The van der Waals surface area contributed by atoms with E-state index in [1.54, 1.807) is 20.8 Å². The fraction of sp³-hybridized carbons (Fsp3) is 0.375. The first-order valence-electron chi connectivity index (χ1n) is 6.56. The van der Waals surface area contributed by atoms with Crippen LogP contribution in [0, 0.1) is 17.7 Å². The van der Waals surface area contributed by atoms with Crippen molar-refractivity contribution in [3.05, 3.63) is 35.1 Å². The third kappa shape index (κ3) is 5.83. The SMILES string of the molecule is COC(=O)c1ccc(C#CCNC(=O)OC(C)(C)C)cc1F. The molecule has 22 heavy (non-hydrogen) atoms. The van der Waals surface area contributed by atoms with E-state index in [0.29, 0.717) is 5.56 Å². The summed E-state index contributed by atoms with van der Waals surface area (Å²) in [5.74, 6) is 3.88. The van der Waals surface area contributed by atoms with E-state index in [9.17, 15) is 14.0 Å². The molecule has 0 atom stereocenters. The van der Waals surface area contributed by atoms with Gasteiger partial charge in [-0.15, -0.1) is 0 Å². The average Bonchev–Trinajstić information content (AvgIpc) is 2.41. The van der Waals surface area contributed by atoms with Gasteiger partial charge in [0.1, 0.15) is 11.4 Å². The van der Waals surface area contributed by atoms with E-state index >= 15 is 0 Å². The van der Waals surface area contributed by atoms with E-state index in [0.717, 1.165) is 6.07 Å². The Labute approximate surface area is 128 Å². The van der Waals surface area contributed by atoms with Gasteiger partial charge in [-0.25, -0.2) is 14.0 Å². The lowest BCUT2D eigenvalue weighted by Crippen LogP contribution is -2.32. The highest BCUT2D eigenvalue weighted by Gasteiger charge is 2.15. The molecule has 6 heteroatoms. The quantitative estimate of drug-likeness (QED) is 0.673. The van der Waals surface area contributed by atoms with Crippen LogP contribution in [0.25, 0.3) is 0 Å². The van der Waals surface area contributed by atoms with Gasteiger partial charge in [0.25, 0.3) is 0 Å². The van der Waals surface area contributed by atoms with Gasteiger partial charge in [-0.05, 0) is 39.0 Å². The Kier molecular flexibility index (Phi) is 5.93. The molecule has 1 amide bonds. The molecule has 0 spiro atoms. The van der Waals surface area contributed by atoms with E-state index in [4.69, 9.17) is 4.74 Å². The van der Waals surface area contributed by atoms with E-state index in [1.807, 2.05) is 0 Å². The minimum atomic E-state index is -0.747. The predicted molar refractivity (Wildman–Crippen MR) is 78.9 cm³/mol. The van der Waals surface area contributed by atoms with E-state index in [2.05, 4.69) is 21.9 Å². The second-order valence-corrected chi connectivity index (χ2v) is 5.34. The van der Waals surface area contributed by atoms with Crippen molar-refractivity contribution in [2.24, 2.45) is 0 Å². The summed E-state index contributed by atoms with van der Waals surface area (Å²) >= 11 is 0. The molecule has 1 N–H and O–H groups in total. The topological polar surface area (TPSA) is 64.6 Å². The van der Waals surface area contributed by atoms with Crippen LogP contribution in [-0.2, 0) is 9.47 Å². The number of ether oxygens (including phenoxy) is 2. The first kappa shape index (κ1) is 17.5. The summed E-state index contributed by atoms with van der Waals surface area (Å²) < 4.78 is 23.1. The maximum absolute atomic E-state index is 13.7. The van der Waals surface area contributed by atoms with Gasteiger partial charge in [0.2, 0.25) is 0 Å². The Morgan fingerprint density at radius 3 is 2.55 bits per heavy atom. The first-order chi connectivity index (χ1) is 10.2. The number of carbonyl (C=O) groups excluding carboxylic acids is 2. The van der Waals surface area contributed by atoms with Crippen molar-refractivity contribution < 1.29 is 23.5 Å². The molecule has 0 aliphatic carbocycles. The monoisotopic (exact) mass is 307 g/mol. The van der Waals surface area contributed by atoms with Gasteiger partial charge in [-0.3, -0.25) is 0 Å². The highest BCUT2D eigenvalue weighted by Crippen LogP contribution is 2.11. The molecule has 1 aromatic carbocycles. The Hall–Kier alpha value is -2.55. The van der Waals surface area contributed by atoms with Crippen LogP contribution in [0.2, 0.25) is 0 Å². The zero-order valence-electron chi connectivity index (χ0n) is 13.0. The summed E-state index contributed by atoms with van der Waals surface area (Å²) in [4.78, 5) is 22.6. The lowest BCUT2D eigenvalue weighted by atomic mass is 10.1. The maximum atomic E-state index is 13.7.